The molecular formula is C15H29ClN2O3. The van der Waals surface area contributed by atoms with Crippen LogP contribution in [0.4, 0.5) is 0 Å². The molecule has 6 heteroatoms. The first-order valence-corrected chi connectivity index (χ1v) is 7.80. The van der Waals surface area contributed by atoms with E-state index >= 15 is 0 Å². The second-order valence-corrected chi connectivity index (χ2v) is 6.35. The van der Waals surface area contributed by atoms with Gasteiger partial charge in [0.1, 0.15) is 6.10 Å². The number of rotatable bonds is 7. The molecular weight excluding hydrogens is 292 g/mol. The number of amides is 1. The van der Waals surface area contributed by atoms with Crippen LogP contribution >= 0.6 is 12.4 Å². The van der Waals surface area contributed by atoms with Crippen molar-refractivity contribution in [2.75, 3.05) is 19.8 Å². The van der Waals surface area contributed by atoms with Crippen LogP contribution in [0.2, 0.25) is 0 Å². The maximum absolute atomic E-state index is 12.2. The average Bonchev–Trinajstić information content (AvgIpc) is 3.30. The van der Waals surface area contributed by atoms with Gasteiger partial charge in [0.15, 0.2) is 0 Å². The Labute approximate surface area is 133 Å². The number of carbonyl (C=O) groups is 1. The maximum atomic E-state index is 12.2. The molecule has 3 unspecified atom stereocenters. The number of carbonyl (C=O) groups excluding carboxylic acids is 1. The zero-order chi connectivity index (χ0) is 14.6. The van der Waals surface area contributed by atoms with E-state index in [1.807, 2.05) is 6.92 Å². The van der Waals surface area contributed by atoms with Gasteiger partial charge in [-0.1, -0.05) is 0 Å². The summed E-state index contributed by atoms with van der Waals surface area (Å²) >= 11 is 0. The first-order chi connectivity index (χ1) is 9.55. The smallest absolute Gasteiger partial charge is 0.249 e. The zero-order valence-corrected chi connectivity index (χ0v) is 13.9. The predicted octanol–water partition coefficient (Wildman–Crippen LogP) is 1.63. The molecule has 2 aliphatic rings. The van der Waals surface area contributed by atoms with Crippen LogP contribution in [0.1, 0.15) is 46.0 Å². The molecule has 0 bridgehead atoms. The normalized spacial score (nSPS) is 26.3. The number of hydrogen-bond acceptors (Lipinski definition) is 4. The summed E-state index contributed by atoms with van der Waals surface area (Å²) in [6.07, 6.45) is 5.33. The van der Waals surface area contributed by atoms with Gasteiger partial charge in [-0.15, -0.1) is 12.4 Å². The van der Waals surface area contributed by atoms with Gasteiger partial charge >= 0.3 is 0 Å². The van der Waals surface area contributed by atoms with Gasteiger partial charge in [-0.2, -0.15) is 0 Å². The molecule has 2 fully saturated rings. The van der Waals surface area contributed by atoms with Gasteiger partial charge in [0.25, 0.3) is 0 Å². The summed E-state index contributed by atoms with van der Waals surface area (Å²) in [6, 6.07) is 0. The van der Waals surface area contributed by atoms with Crippen LogP contribution in [-0.2, 0) is 14.3 Å². The number of ether oxygens (including phenoxy) is 2. The third kappa shape index (κ3) is 5.40. The maximum Gasteiger partial charge on any atom is 0.249 e. The second-order valence-electron chi connectivity index (χ2n) is 6.35. The molecule has 0 aromatic heterocycles. The van der Waals surface area contributed by atoms with Crippen LogP contribution in [0.5, 0.6) is 0 Å². The number of hydrogen-bond donors (Lipinski definition) is 2. The molecule has 1 amide bonds. The lowest BCUT2D eigenvalue weighted by molar-refractivity contribution is -0.137. The van der Waals surface area contributed by atoms with Crippen LogP contribution in [0, 0.1) is 5.92 Å². The minimum absolute atomic E-state index is 0. The topological polar surface area (TPSA) is 73.6 Å². The second kappa shape index (κ2) is 8.32. The molecule has 1 saturated heterocycles. The Kier molecular flexibility index (Phi) is 7.40. The molecule has 0 spiro atoms. The van der Waals surface area contributed by atoms with Crippen molar-refractivity contribution < 1.29 is 14.3 Å². The summed E-state index contributed by atoms with van der Waals surface area (Å²) < 4.78 is 11.3. The van der Waals surface area contributed by atoms with E-state index in [1.54, 1.807) is 6.92 Å². The van der Waals surface area contributed by atoms with Crippen LogP contribution < -0.4 is 11.1 Å². The molecule has 0 radical (unpaired) electrons. The fourth-order valence-corrected chi connectivity index (χ4v) is 2.69. The Morgan fingerprint density at radius 2 is 2.14 bits per heavy atom. The number of halogens is 1. The summed E-state index contributed by atoms with van der Waals surface area (Å²) in [7, 11) is 0. The Morgan fingerprint density at radius 3 is 2.67 bits per heavy atom. The van der Waals surface area contributed by atoms with Gasteiger partial charge in [0.05, 0.1) is 18.2 Å². The molecule has 5 nitrogen and oxygen atoms in total. The lowest BCUT2D eigenvalue weighted by atomic mass is 9.95. The first-order valence-electron chi connectivity index (χ1n) is 7.80. The van der Waals surface area contributed by atoms with Crippen LogP contribution in [0.15, 0.2) is 0 Å². The van der Waals surface area contributed by atoms with Crippen molar-refractivity contribution >= 4 is 18.3 Å². The molecule has 124 valence electrons. The summed E-state index contributed by atoms with van der Waals surface area (Å²) in [4.78, 5) is 12.2. The first kappa shape index (κ1) is 18.7. The largest absolute Gasteiger partial charge is 0.376 e. The Morgan fingerprint density at radius 1 is 1.43 bits per heavy atom. The molecule has 21 heavy (non-hydrogen) atoms. The summed E-state index contributed by atoms with van der Waals surface area (Å²) in [5, 5.41) is 3.06. The van der Waals surface area contributed by atoms with Crippen molar-refractivity contribution in [2.24, 2.45) is 11.7 Å². The van der Waals surface area contributed by atoms with Crippen molar-refractivity contribution in [2.45, 2.75) is 63.7 Å². The molecule has 1 saturated carbocycles. The van der Waals surface area contributed by atoms with E-state index in [-0.39, 0.29) is 30.0 Å². The highest BCUT2D eigenvalue weighted by atomic mass is 35.5. The minimum Gasteiger partial charge on any atom is -0.376 e. The van der Waals surface area contributed by atoms with Crippen LogP contribution in [-0.4, -0.2) is 43.4 Å². The van der Waals surface area contributed by atoms with Gasteiger partial charge in [-0.3, -0.25) is 4.79 Å². The average molecular weight is 321 g/mol. The monoisotopic (exact) mass is 320 g/mol. The molecule has 3 atom stereocenters. The van der Waals surface area contributed by atoms with E-state index in [0.717, 1.165) is 32.3 Å². The van der Waals surface area contributed by atoms with E-state index in [2.05, 4.69) is 5.32 Å². The molecule has 0 aromatic carbocycles. The Balaban J connectivity index is 0.00000220. The lowest BCUT2D eigenvalue weighted by Crippen LogP contribution is -2.55. The van der Waals surface area contributed by atoms with Crippen molar-refractivity contribution in [3.63, 3.8) is 0 Å². The lowest BCUT2D eigenvalue weighted by Gasteiger charge is -2.31. The van der Waals surface area contributed by atoms with Gasteiger partial charge in [-0.25, -0.2) is 0 Å². The fraction of sp³-hybridized carbons (Fsp3) is 0.933. The van der Waals surface area contributed by atoms with E-state index in [9.17, 15) is 4.79 Å². The highest BCUT2D eigenvalue weighted by Crippen LogP contribution is 2.39. The highest BCUT2D eigenvalue weighted by molar-refractivity contribution is 5.85. The quantitative estimate of drug-likeness (QED) is 0.747. The van der Waals surface area contributed by atoms with Crippen molar-refractivity contribution in [3.05, 3.63) is 0 Å². The van der Waals surface area contributed by atoms with Crippen LogP contribution in [0.3, 0.4) is 0 Å². The van der Waals surface area contributed by atoms with Crippen molar-refractivity contribution in [1.29, 1.82) is 0 Å². The van der Waals surface area contributed by atoms with Crippen molar-refractivity contribution in [1.82, 2.24) is 5.32 Å². The fourth-order valence-electron chi connectivity index (χ4n) is 2.69. The van der Waals surface area contributed by atoms with E-state index in [1.165, 1.54) is 6.42 Å². The molecule has 1 aliphatic heterocycles. The Hall–Kier alpha value is -0.360. The number of nitrogens with two attached hydrogens (primary N) is 1. The van der Waals surface area contributed by atoms with Gasteiger partial charge < -0.3 is 20.5 Å². The summed E-state index contributed by atoms with van der Waals surface area (Å²) in [5.41, 5.74) is 5.53. The van der Waals surface area contributed by atoms with Gasteiger partial charge in [-0.05, 0) is 51.9 Å². The van der Waals surface area contributed by atoms with Gasteiger partial charge in [0.2, 0.25) is 5.91 Å². The molecule has 0 aromatic rings. The molecule has 1 aliphatic carbocycles. The summed E-state index contributed by atoms with van der Waals surface area (Å²) in [5.74, 6) is 0.450. The van der Waals surface area contributed by atoms with E-state index < -0.39 is 6.10 Å². The van der Waals surface area contributed by atoms with Gasteiger partial charge in [0, 0.05) is 13.2 Å². The Bertz CT molecular complexity index is 333. The molecule has 1 heterocycles. The highest BCUT2D eigenvalue weighted by Gasteiger charge is 2.42. The number of nitrogens with one attached hydrogen (secondary N) is 1. The van der Waals surface area contributed by atoms with Crippen LogP contribution in [0.25, 0.3) is 0 Å². The summed E-state index contributed by atoms with van der Waals surface area (Å²) in [6.45, 7) is 5.60. The van der Waals surface area contributed by atoms with E-state index in [0.29, 0.717) is 19.1 Å². The molecule has 3 N–H and O–H groups in total. The molecule has 2 rings (SSSR count). The SMILES string of the molecule is CC(OCC1CCCCO1)C(=O)NC(C)(CN)C1CC1.Cl. The van der Waals surface area contributed by atoms with Crippen molar-refractivity contribution in [3.8, 4) is 0 Å². The third-order valence-corrected chi connectivity index (χ3v) is 4.49. The van der Waals surface area contributed by atoms with E-state index in [4.69, 9.17) is 15.2 Å². The predicted molar refractivity (Wildman–Crippen MR) is 84.6 cm³/mol. The zero-order valence-electron chi connectivity index (χ0n) is 13.1. The standard InChI is InChI=1S/C15H28N2O3.ClH/c1-11(20-9-13-5-3-4-8-19-13)14(18)17-15(2,10-16)12-6-7-12;/h11-13H,3-10,16H2,1-2H3,(H,17,18);1H. The third-order valence-electron chi connectivity index (χ3n) is 4.49. The minimum atomic E-state index is -0.454.